The van der Waals surface area contributed by atoms with E-state index in [9.17, 15) is 9.90 Å². The molecule has 0 spiro atoms. The minimum atomic E-state index is -0.484. The first-order chi connectivity index (χ1) is 16.1. The molecule has 170 valence electrons. The van der Waals surface area contributed by atoms with Gasteiger partial charge in [0.15, 0.2) is 0 Å². The third-order valence-corrected chi connectivity index (χ3v) is 7.21. The van der Waals surface area contributed by atoms with E-state index in [0.717, 1.165) is 48.9 Å². The van der Waals surface area contributed by atoms with Gasteiger partial charge in [-0.05, 0) is 67.0 Å². The number of aryl methyl sites for hydroxylation is 1. The van der Waals surface area contributed by atoms with E-state index in [2.05, 4.69) is 28.5 Å². The predicted octanol–water partition coefficient (Wildman–Crippen LogP) is 4.24. The third kappa shape index (κ3) is 4.56. The number of aliphatic hydroxyl groups is 1. The molecule has 1 aliphatic carbocycles. The van der Waals surface area contributed by atoms with Crippen LogP contribution in [0.2, 0.25) is 0 Å². The fourth-order valence-electron chi connectivity index (χ4n) is 5.35. The zero-order valence-electron chi connectivity index (χ0n) is 19.0. The zero-order valence-corrected chi connectivity index (χ0v) is 19.0. The van der Waals surface area contributed by atoms with Crippen LogP contribution in [0, 0.1) is 0 Å². The maximum absolute atomic E-state index is 13.1. The molecule has 2 N–H and O–H groups in total. The molecule has 1 saturated heterocycles. The van der Waals surface area contributed by atoms with Gasteiger partial charge in [-0.15, -0.1) is 0 Å². The average Bonchev–Trinajstić information content (AvgIpc) is 3.51. The van der Waals surface area contributed by atoms with Crippen LogP contribution in [-0.4, -0.2) is 40.0 Å². The summed E-state index contributed by atoms with van der Waals surface area (Å²) < 4.78 is 0. The van der Waals surface area contributed by atoms with Crippen LogP contribution in [0.1, 0.15) is 64.2 Å². The van der Waals surface area contributed by atoms with Crippen LogP contribution in [0.5, 0.6) is 0 Å². The van der Waals surface area contributed by atoms with E-state index in [0.29, 0.717) is 6.04 Å². The molecule has 2 aromatic carbocycles. The maximum atomic E-state index is 13.1. The van der Waals surface area contributed by atoms with Gasteiger partial charge in [0.1, 0.15) is 0 Å². The van der Waals surface area contributed by atoms with Gasteiger partial charge in [0.2, 0.25) is 0 Å². The Hall–Kier alpha value is -3.02. The van der Waals surface area contributed by atoms with Crippen LogP contribution in [0.3, 0.4) is 0 Å². The van der Waals surface area contributed by atoms with E-state index in [4.69, 9.17) is 0 Å². The van der Waals surface area contributed by atoms with E-state index in [1.54, 1.807) is 0 Å². The predicted molar refractivity (Wildman–Crippen MR) is 129 cm³/mol. The second-order valence-electron chi connectivity index (χ2n) is 9.31. The van der Waals surface area contributed by atoms with Gasteiger partial charge in [-0.2, -0.15) is 0 Å². The third-order valence-electron chi connectivity index (χ3n) is 7.21. The highest BCUT2D eigenvalue weighted by Gasteiger charge is 2.31. The normalized spacial score (nSPS) is 22.7. The molecule has 4 atom stereocenters. The number of rotatable bonds is 6. The first kappa shape index (κ1) is 21.8. The topological polar surface area (TPSA) is 65.5 Å². The van der Waals surface area contributed by atoms with Crippen LogP contribution < -0.4 is 5.32 Å². The van der Waals surface area contributed by atoms with Crippen molar-refractivity contribution in [2.24, 2.45) is 0 Å². The van der Waals surface area contributed by atoms with Gasteiger partial charge >= 0.3 is 0 Å². The molecule has 5 heteroatoms. The summed E-state index contributed by atoms with van der Waals surface area (Å²) >= 11 is 0. The highest BCUT2D eigenvalue weighted by Crippen LogP contribution is 2.34. The standard InChI is InChI=1S/C28H31N3O2/c1-31(26-16-15-24-23(26)8-5-17-29-24)28(33)21-11-9-19(10-12-21)18-22-13-14-25(30-22)27(32)20-6-3-2-4-7-20/h2-12,17,22,25-27,30,32H,13-16,18H2,1H3/t22-,25+,26?,27?/m0/s1. The van der Waals surface area contributed by atoms with Gasteiger partial charge in [0.25, 0.3) is 5.91 Å². The van der Waals surface area contributed by atoms with Gasteiger partial charge in [0, 0.05) is 36.6 Å². The van der Waals surface area contributed by atoms with Crippen molar-refractivity contribution in [2.75, 3.05) is 7.05 Å². The van der Waals surface area contributed by atoms with E-state index in [1.165, 1.54) is 11.1 Å². The number of aromatic nitrogens is 1. The Balaban J connectivity index is 1.19. The number of amides is 1. The summed E-state index contributed by atoms with van der Waals surface area (Å²) in [5, 5.41) is 14.3. The molecule has 0 saturated carbocycles. The Morgan fingerprint density at radius 1 is 1.06 bits per heavy atom. The molecular weight excluding hydrogens is 410 g/mol. The van der Waals surface area contributed by atoms with E-state index >= 15 is 0 Å². The summed E-state index contributed by atoms with van der Waals surface area (Å²) in [5.41, 5.74) is 5.16. The van der Waals surface area contributed by atoms with Crippen molar-refractivity contribution in [1.29, 1.82) is 0 Å². The van der Waals surface area contributed by atoms with Crippen LogP contribution >= 0.6 is 0 Å². The lowest BCUT2D eigenvalue weighted by molar-refractivity contribution is 0.0730. The first-order valence-corrected chi connectivity index (χ1v) is 11.9. The molecular formula is C28H31N3O2. The highest BCUT2D eigenvalue weighted by molar-refractivity contribution is 5.94. The summed E-state index contributed by atoms with van der Waals surface area (Å²) in [4.78, 5) is 19.4. The lowest BCUT2D eigenvalue weighted by Crippen LogP contribution is -2.35. The molecule has 5 rings (SSSR count). The van der Waals surface area contributed by atoms with Crippen molar-refractivity contribution in [3.63, 3.8) is 0 Å². The van der Waals surface area contributed by atoms with Crippen LogP contribution in [0.25, 0.3) is 0 Å². The Morgan fingerprint density at radius 3 is 2.64 bits per heavy atom. The van der Waals surface area contributed by atoms with Crippen LogP contribution in [0.15, 0.2) is 72.9 Å². The molecule has 2 aliphatic rings. The summed E-state index contributed by atoms with van der Waals surface area (Å²) in [7, 11) is 1.89. The van der Waals surface area contributed by atoms with Gasteiger partial charge in [-0.1, -0.05) is 48.5 Å². The number of hydrogen-bond donors (Lipinski definition) is 2. The zero-order chi connectivity index (χ0) is 22.8. The number of benzene rings is 2. The fraction of sp³-hybridized carbons (Fsp3) is 0.357. The number of nitrogens with zero attached hydrogens (tertiary/aromatic N) is 2. The molecule has 3 aromatic rings. The molecule has 1 amide bonds. The molecule has 0 radical (unpaired) electrons. The monoisotopic (exact) mass is 441 g/mol. The summed E-state index contributed by atoms with van der Waals surface area (Å²) in [6.07, 6.45) is 6.08. The molecule has 2 unspecified atom stereocenters. The quantitative estimate of drug-likeness (QED) is 0.601. The molecule has 1 aromatic heterocycles. The average molecular weight is 442 g/mol. The minimum absolute atomic E-state index is 0.0493. The second kappa shape index (κ2) is 9.46. The molecule has 0 bridgehead atoms. The minimum Gasteiger partial charge on any atom is -0.387 e. The highest BCUT2D eigenvalue weighted by atomic mass is 16.3. The molecule has 5 nitrogen and oxygen atoms in total. The van der Waals surface area contributed by atoms with E-state index in [1.807, 2.05) is 66.7 Å². The van der Waals surface area contributed by atoms with Crippen LogP contribution in [-0.2, 0) is 12.8 Å². The van der Waals surface area contributed by atoms with Crippen molar-refractivity contribution in [1.82, 2.24) is 15.2 Å². The molecule has 1 aliphatic heterocycles. The largest absolute Gasteiger partial charge is 0.387 e. The van der Waals surface area contributed by atoms with Gasteiger partial charge < -0.3 is 15.3 Å². The van der Waals surface area contributed by atoms with Crippen molar-refractivity contribution in [3.05, 3.63) is 101 Å². The van der Waals surface area contributed by atoms with Crippen molar-refractivity contribution >= 4 is 5.91 Å². The lowest BCUT2D eigenvalue weighted by Gasteiger charge is -2.25. The van der Waals surface area contributed by atoms with E-state index < -0.39 is 6.10 Å². The Morgan fingerprint density at radius 2 is 1.85 bits per heavy atom. The van der Waals surface area contributed by atoms with Gasteiger partial charge in [0.05, 0.1) is 12.1 Å². The summed E-state index contributed by atoms with van der Waals surface area (Å²) in [5.74, 6) is 0.0493. The Labute approximate surface area is 195 Å². The van der Waals surface area contributed by atoms with Crippen molar-refractivity contribution in [3.8, 4) is 0 Å². The SMILES string of the molecule is CN(C(=O)c1ccc(C[C@@H]2CC[C@H](C(O)c3ccccc3)N2)cc1)C1CCc2ncccc21. The lowest BCUT2D eigenvalue weighted by atomic mass is 10.0. The van der Waals surface area contributed by atoms with Crippen molar-refractivity contribution < 1.29 is 9.90 Å². The fourth-order valence-corrected chi connectivity index (χ4v) is 5.35. The van der Waals surface area contributed by atoms with E-state index in [-0.39, 0.29) is 18.0 Å². The number of nitrogens with one attached hydrogen (secondary N) is 1. The number of carbonyl (C=O) groups is 1. The number of carbonyl (C=O) groups excluding carboxylic acids is 1. The first-order valence-electron chi connectivity index (χ1n) is 11.9. The Bertz CT molecular complexity index is 1100. The number of fused-ring (bicyclic) bond motifs is 1. The second-order valence-corrected chi connectivity index (χ2v) is 9.31. The molecule has 1 fully saturated rings. The number of hydrogen-bond acceptors (Lipinski definition) is 4. The number of pyridine rings is 1. The van der Waals surface area contributed by atoms with Gasteiger partial charge in [-0.25, -0.2) is 0 Å². The number of aliphatic hydroxyl groups excluding tert-OH is 1. The van der Waals surface area contributed by atoms with Crippen molar-refractivity contribution in [2.45, 2.75) is 56.3 Å². The summed E-state index contributed by atoms with van der Waals surface area (Å²) in [6, 6.07) is 22.4. The molecule has 33 heavy (non-hydrogen) atoms. The van der Waals surface area contributed by atoms with Gasteiger partial charge in [-0.3, -0.25) is 9.78 Å². The maximum Gasteiger partial charge on any atom is 0.254 e. The summed E-state index contributed by atoms with van der Waals surface area (Å²) in [6.45, 7) is 0. The Kier molecular flexibility index (Phi) is 6.25. The smallest absolute Gasteiger partial charge is 0.254 e. The van der Waals surface area contributed by atoms with Crippen LogP contribution in [0.4, 0.5) is 0 Å². The molecule has 2 heterocycles.